The van der Waals surface area contributed by atoms with E-state index in [0.717, 1.165) is 109 Å². The van der Waals surface area contributed by atoms with Gasteiger partial charge in [-0.05, 0) is 140 Å². The molecule has 0 aliphatic carbocycles. The van der Waals surface area contributed by atoms with Gasteiger partial charge in [-0.3, -0.25) is 24.0 Å². The van der Waals surface area contributed by atoms with Crippen LogP contribution in [0.4, 0.5) is 37.2 Å². The number of rotatable bonds is 20. The molecule has 5 aromatic carbocycles. The molecule has 5 aliphatic heterocycles. The van der Waals surface area contributed by atoms with E-state index in [-0.39, 0.29) is 78.3 Å². The van der Waals surface area contributed by atoms with Crippen molar-refractivity contribution in [2.45, 2.75) is 52.6 Å². The van der Waals surface area contributed by atoms with E-state index in [1.54, 1.807) is 122 Å². The van der Waals surface area contributed by atoms with Crippen LogP contribution >= 0.6 is 80.6 Å². The maximum atomic E-state index is 14.5. The van der Waals surface area contributed by atoms with E-state index in [4.69, 9.17) is 81.7 Å². The third-order valence-electron chi connectivity index (χ3n) is 24.8. The third-order valence-corrected chi connectivity index (χ3v) is 27.3. The van der Waals surface area contributed by atoms with Crippen molar-refractivity contribution in [3.05, 3.63) is 235 Å². The van der Waals surface area contributed by atoms with Gasteiger partial charge in [-0.25, -0.2) is 57.1 Å². The van der Waals surface area contributed by atoms with E-state index in [2.05, 4.69) is 87.7 Å². The smallest absolute Gasteiger partial charge is 0.244 e. The number of hydrogen-bond donors (Lipinski definition) is 0. The minimum atomic E-state index is -0.406. The van der Waals surface area contributed by atoms with Gasteiger partial charge in [-0.15, -0.1) is 0 Å². The summed E-state index contributed by atoms with van der Waals surface area (Å²) >= 11 is 32.5. The van der Waals surface area contributed by atoms with Gasteiger partial charge < -0.3 is 72.7 Å². The summed E-state index contributed by atoms with van der Waals surface area (Å²) < 4.78 is 64.4. The molecule has 15 aromatic rings. The van der Waals surface area contributed by atoms with Gasteiger partial charge in [0.05, 0.1) is 108 Å². The van der Waals surface area contributed by atoms with Crippen molar-refractivity contribution in [2.24, 2.45) is 0 Å². The van der Waals surface area contributed by atoms with Crippen LogP contribution in [-0.4, -0.2) is 294 Å². The molecule has 0 N–H and O–H groups in total. The van der Waals surface area contributed by atoms with Crippen molar-refractivity contribution < 1.29 is 56.4 Å². The molecule has 5 saturated heterocycles. The molecule has 10 aromatic heterocycles. The zero-order valence-corrected chi connectivity index (χ0v) is 83.7. The number of fused-ring (bicyclic) bond motifs is 5. The lowest BCUT2D eigenvalue weighted by atomic mass is 10.1. The highest BCUT2D eigenvalue weighted by Crippen LogP contribution is 2.38. The largest absolute Gasteiger partial charge is 0.495 e. The monoisotopic (exact) mass is 2120 g/mol. The first-order valence-electron chi connectivity index (χ1n) is 45.1. The van der Waals surface area contributed by atoms with E-state index in [1.807, 2.05) is 148 Å². The summed E-state index contributed by atoms with van der Waals surface area (Å²) in [7, 11) is 7.81. The van der Waals surface area contributed by atoms with Crippen LogP contribution in [0.15, 0.2) is 189 Å². The summed E-state index contributed by atoms with van der Waals surface area (Å²) in [5, 5.41) is 28.4. The van der Waals surface area contributed by atoms with Crippen molar-refractivity contribution >= 4 is 194 Å². The summed E-state index contributed by atoms with van der Waals surface area (Å²) in [6, 6.07) is 40.0. The fourth-order valence-electron chi connectivity index (χ4n) is 17.2. The molecule has 0 saturated carbocycles. The highest BCUT2D eigenvalue weighted by Gasteiger charge is 2.33. The molecule has 5 aliphatic rings. The Bertz CT molecular complexity index is 6880. The maximum absolute atomic E-state index is 14.5. The number of pyridine rings is 5. The molecule has 43 heteroatoms. The number of carbonyl (C=O) groups excluding carboxylic acids is 5. The first kappa shape index (κ1) is 99.6. The first-order valence-corrected chi connectivity index (χ1v) is 48.0. The molecule has 35 nitrogen and oxygen atoms in total. The molecule has 20 rings (SSSR count). The van der Waals surface area contributed by atoms with Gasteiger partial charge in [0.1, 0.15) is 73.1 Å². The van der Waals surface area contributed by atoms with Crippen LogP contribution in [0, 0.1) is 22.1 Å². The Morgan fingerprint density at radius 1 is 0.350 bits per heavy atom. The zero-order valence-electron chi connectivity index (χ0n) is 77.7. The second kappa shape index (κ2) is 45.7. The maximum Gasteiger partial charge on any atom is 0.244 e. The highest BCUT2D eigenvalue weighted by molar-refractivity contribution is 14.1. The average Bonchev–Trinajstić information content (AvgIpc) is 1.60. The predicted octanol–water partition coefficient (Wildman–Crippen LogP) is 13.8. The molecule has 0 bridgehead atoms. The van der Waals surface area contributed by atoms with Gasteiger partial charge in [0.15, 0.2) is 28.2 Å². The number of carbonyl (C=O) groups is 5. The minimum absolute atomic E-state index is 0.0375. The number of anilines is 5. The van der Waals surface area contributed by atoms with Gasteiger partial charge in [0.2, 0.25) is 29.5 Å². The predicted molar refractivity (Wildman–Crippen MR) is 544 cm³/mol. The van der Waals surface area contributed by atoms with Gasteiger partial charge in [0.25, 0.3) is 0 Å². The normalized spacial score (nSPS) is 15.1. The average molecular weight is 2120 g/mol. The lowest BCUT2D eigenvalue weighted by molar-refractivity contribution is -0.134. The van der Waals surface area contributed by atoms with E-state index in [0.29, 0.717) is 152 Å². The molecule has 15 heterocycles. The Morgan fingerprint density at radius 3 is 1.05 bits per heavy atom. The second-order valence-electron chi connectivity index (χ2n) is 33.3. The van der Waals surface area contributed by atoms with Crippen LogP contribution in [0.1, 0.15) is 12.6 Å². The number of halogens is 8. The van der Waals surface area contributed by atoms with Crippen LogP contribution in [0.3, 0.4) is 0 Å². The molecule has 5 amide bonds. The van der Waals surface area contributed by atoms with Crippen molar-refractivity contribution in [1.82, 2.24) is 98.3 Å². The lowest BCUT2D eigenvalue weighted by Crippen LogP contribution is -2.55. The number of hydrogen-bond acceptors (Lipinski definition) is 25. The fourth-order valence-corrected chi connectivity index (χ4v) is 18.8. The van der Waals surface area contributed by atoms with Crippen LogP contribution in [0.25, 0.3) is 55.2 Å². The summed E-state index contributed by atoms with van der Waals surface area (Å²) in [5.41, 5.74) is 8.50. The van der Waals surface area contributed by atoms with Crippen molar-refractivity contribution in [1.29, 1.82) is 0 Å². The molecular weight excluding hydrogens is 2020 g/mol. The number of nitrogens with zero attached hydrogens (tertiary/aromatic N) is 25. The zero-order chi connectivity index (χ0) is 98.4. The number of aryl methyl sites for hydroxylation is 1. The number of amides is 5. The Hall–Kier alpha value is -13.4. The standard InChI is InChI=1S/C20H21ClFN5O2.C20H22ClN5O2.C19H19ClFN5O2.C19H19ClIN5O2.C19H20ClN5O2/c1-13-11-25(17-9-18(29-2)15(21)8-16(17)22)6-7-26(13)19(28)12-27-20-14(10-24-27)4-3-5-23-20;1-14-3-4-15-12-22-26(20(15)23-14)13-19(27)25-9-7-24(8-10-25)16-5-6-17(21)18(11-16)28-2;1-28-17-10-16(15(21)9-14(17)20)24-5-7-25(8-6-24)18(27)12-26-19-13(11-23-26)3-2-4-22-19;1-28-17-10-13(2-3-15(17)20)24-6-8-25(9-7-24)18(27)12-26-19-14(11-23-26)16(21)4-5-22-19;1-27-17-11-15(4-5-16(17)20)23-7-9-24(10-8-23)18(26)13-25-19-14(12-22-25)3-2-6-21-19/h3-5,8-10,13H,6-7,11-12H2,1-2H3;3-6,11-12H,7-10,13H2,1-2H3;2-4,9-11H,5-8,12H2,1H3;2-5,10-11H,6-9,12H2,1H3;2-6,11-12H,7-10,13H2,1H3/t13-;;;;/m0..../s1. The highest BCUT2D eigenvalue weighted by atomic mass is 127. The summed E-state index contributed by atoms with van der Waals surface area (Å²) in [6.07, 6.45) is 15.5. The molecule has 0 radical (unpaired) electrons. The molecule has 5 fully saturated rings. The number of benzene rings is 5. The molecule has 1 atom stereocenters. The van der Waals surface area contributed by atoms with Gasteiger partial charge >= 0.3 is 0 Å². The quantitative estimate of drug-likeness (QED) is 0.0640. The summed E-state index contributed by atoms with van der Waals surface area (Å²) in [4.78, 5) is 105. The third kappa shape index (κ3) is 23.3. The van der Waals surface area contributed by atoms with E-state index < -0.39 is 11.6 Å². The molecule has 140 heavy (non-hydrogen) atoms. The number of piperazine rings is 5. The van der Waals surface area contributed by atoms with Crippen LogP contribution in [0.2, 0.25) is 25.1 Å². The Balaban J connectivity index is 0.000000126. The molecule has 730 valence electrons. The minimum Gasteiger partial charge on any atom is -0.495 e. The first-order chi connectivity index (χ1) is 67.8. The van der Waals surface area contributed by atoms with Crippen molar-refractivity contribution in [2.75, 3.05) is 184 Å². The second-order valence-corrected chi connectivity index (χ2v) is 36.5. The number of methoxy groups -OCH3 is 5. The molecule has 0 unspecified atom stereocenters. The lowest BCUT2D eigenvalue weighted by Gasteiger charge is -2.41. The number of ether oxygens (including phenoxy) is 5. The van der Waals surface area contributed by atoms with Gasteiger partial charge in [0, 0.05) is 233 Å². The summed E-state index contributed by atoms with van der Waals surface area (Å²) in [6.45, 7) is 16.8. The van der Waals surface area contributed by atoms with E-state index in [9.17, 15) is 32.8 Å². The fraction of sp³-hybridized carbons (Fsp3) is 0.330. The van der Waals surface area contributed by atoms with Gasteiger partial charge in [-0.2, -0.15) is 25.5 Å². The topological polar surface area (TPSA) is 317 Å². The van der Waals surface area contributed by atoms with Crippen molar-refractivity contribution in [3.8, 4) is 28.7 Å². The van der Waals surface area contributed by atoms with Crippen molar-refractivity contribution in [3.63, 3.8) is 0 Å². The Morgan fingerprint density at radius 2 is 0.671 bits per heavy atom. The van der Waals surface area contributed by atoms with Crippen LogP contribution < -0.4 is 48.2 Å². The van der Waals surface area contributed by atoms with Gasteiger partial charge in [-0.1, -0.05) is 58.0 Å². The van der Waals surface area contributed by atoms with Crippen LogP contribution in [-0.2, 0) is 56.7 Å². The van der Waals surface area contributed by atoms with Crippen LogP contribution in [0.5, 0.6) is 28.7 Å². The molecular formula is C97H101Cl5F2IN25O10. The Labute approximate surface area is 843 Å². The SMILES string of the molecule is COc1cc(N2CCN(C(=O)Cn3ncc4c(I)ccnc43)CC2)ccc1Cl.COc1cc(N2CCN(C(=O)Cn3ncc4ccc(C)nc43)CC2)ccc1Cl.COc1cc(N2CCN(C(=O)Cn3ncc4cccnc43)CC2)c(F)cc1Cl.COc1cc(N2CCN(C(=O)Cn3ncc4cccnc43)CC2)ccc1Cl.COc1cc(N2CCN(C(=O)Cn3ncc4cccnc43)[C@@H](C)C2)c(F)cc1Cl. The number of aromatic nitrogens is 15. The molecule has 0 spiro atoms. The van der Waals surface area contributed by atoms with E-state index >= 15 is 0 Å². The summed E-state index contributed by atoms with van der Waals surface area (Å²) in [5.74, 6) is 2.10. The Kier molecular flexibility index (Phi) is 32.5. The van der Waals surface area contributed by atoms with E-state index in [1.165, 1.54) is 26.4 Å².